The SMILES string of the molecule is Cc1[nH]c(=O)c(C(=O)O)c(C(=O)O)c1[N+](=O)[O-]. The first-order valence-electron chi connectivity index (χ1n) is 4.15. The van der Waals surface area contributed by atoms with Crippen molar-refractivity contribution < 1.29 is 24.7 Å². The van der Waals surface area contributed by atoms with Gasteiger partial charge in [0.1, 0.15) is 5.56 Å². The van der Waals surface area contributed by atoms with Gasteiger partial charge >= 0.3 is 17.6 Å². The number of nitro groups is 1. The van der Waals surface area contributed by atoms with Gasteiger partial charge < -0.3 is 15.2 Å². The molecular formula is C8H6N2O7. The molecule has 0 atom stereocenters. The molecule has 3 N–H and O–H groups in total. The zero-order valence-electron chi connectivity index (χ0n) is 8.38. The highest BCUT2D eigenvalue weighted by Gasteiger charge is 2.32. The van der Waals surface area contributed by atoms with Gasteiger partial charge in [0.25, 0.3) is 5.56 Å². The molecule has 0 aliphatic rings. The Morgan fingerprint density at radius 2 is 1.71 bits per heavy atom. The molecule has 90 valence electrons. The van der Waals surface area contributed by atoms with E-state index in [1.54, 1.807) is 0 Å². The first kappa shape index (κ1) is 12.4. The summed E-state index contributed by atoms with van der Waals surface area (Å²) in [5.41, 5.74) is -4.73. The second-order valence-electron chi connectivity index (χ2n) is 3.05. The van der Waals surface area contributed by atoms with E-state index in [9.17, 15) is 24.5 Å². The minimum absolute atomic E-state index is 0.317. The van der Waals surface area contributed by atoms with Gasteiger partial charge in [-0.25, -0.2) is 9.59 Å². The summed E-state index contributed by atoms with van der Waals surface area (Å²) in [6.45, 7) is 1.11. The van der Waals surface area contributed by atoms with Crippen LogP contribution in [0.2, 0.25) is 0 Å². The van der Waals surface area contributed by atoms with Crippen LogP contribution in [0.1, 0.15) is 26.4 Å². The first-order chi connectivity index (χ1) is 7.77. The molecule has 0 unspecified atom stereocenters. The molecule has 0 spiro atoms. The fourth-order valence-corrected chi connectivity index (χ4v) is 1.35. The van der Waals surface area contributed by atoms with Crippen molar-refractivity contribution in [2.24, 2.45) is 0 Å². The van der Waals surface area contributed by atoms with Gasteiger partial charge in [-0.05, 0) is 6.92 Å². The van der Waals surface area contributed by atoms with Crippen molar-refractivity contribution in [1.82, 2.24) is 4.98 Å². The maximum atomic E-state index is 11.3. The molecule has 1 aromatic heterocycles. The lowest BCUT2D eigenvalue weighted by molar-refractivity contribution is -0.386. The fraction of sp³-hybridized carbons (Fsp3) is 0.125. The van der Waals surface area contributed by atoms with Crippen LogP contribution in [0.3, 0.4) is 0 Å². The van der Waals surface area contributed by atoms with E-state index >= 15 is 0 Å². The molecule has 0 fully saturated rings. The number of aryl methyl sites for hydroxylation is 1. The van der Waals surface area contributed by atoms with Crippen LogP contribution in [0.4, 0.5) is 5.69 Å². The van der Waals surface area contributed by atoms with E-state index in [1.807, 2.05) is 4.98 Å². The molecule has 0 aromatic carbocycles. The van der Waals surface area contributed by atoms with Crippen molar-refractivity contribution in [2.75, 3.05) is 0 Å². The predicted octanol–water partition coefficient (Wildman–Crippen LogP) is -0.0121. The van der Waals surface area contributed by atoms with Gasteiger partial charge in [-0.2, -0.15) is 0 Å². The molecule has 1 rings (SSSR count). The highest BCUT2D eigenvalue weighted by Crippen LogP contribution is 2.22. The molecule has 9 heteroatoms. The van der Waals surface area contributed by atoms with Crippen LogP contribution in [0, 0.1) is 17.0 Å². The van der Waals surface area contributed by atoms with Crippen molar-refractivity contribution in [3.8, 4) is 0 Å². The molecule has 0 saturated heterocycles. The number of hydrogen-bond donors (Lipinski definition) is 3. The summed E-state index contributed by atoms with van der Waals surface area (Å²) in [4.78, 5) is 44.4. The lowest BCUT2D eigenvalue weighted by atomic mass is 10.1. The first-order valence-corrected chi connectivity index (χ1v) is 4.15. The minimum Gasteiger partial charge on any atom is -0.477 e. The van der Waals surface area contributed by atoms with Crippen molar-refractivity contribution in [2.45, 2.75) is 6.92 Å². The molecule has 0 amide bonds. The lowest BCUT2D eigenvalue weighted by Crippen LogP contribution is -2.25. The van der Waals surface area contributed by atoms with E-state index in [1.165, 1.54) is 0 Å². The highest BCUT2D eigenvalue weighted by molar-refractivity contribution is 6.04. The highest BCUT2D eigenvalue weighted by atomic mass is 16.6. The van der Waals surface area contributed by atoms with Gasteiger partial charge in [0.05, 0.1) is 10.6 Å². The topological polar surface area (TPSA) is 151 Å². The normalized spacial score (nSPS) is 9.94. The Balaban J connectivity index is 3.92. The molecular weight excluding hydrogens is 236 g/mol. The number of pyridine rings is 1. The van der Waals surface area contributed by atoms with Crippen LogP contribution in [0.25, 0.3) is 0 Å². The summed E-state index contributed by atoms with van der Waals surface area (Å²) in [5.74, 6) is -3.69. The number of aromatic nitrogens is 1. The summed E-state index contributed by atoms with van der Waals surface area (Å²) in [6, 6.07) is 0. The maximum absolute atomic E-state index is 11.3. The number of carboxylic acid groups (broad SMARTS) is 2. The largest absolute Gasteiger partial charge is 0.477 e. The van der Waals surface area contributed by atoms with E-state index in [0.717, 1.165) is 6.92 Å². The monoisotopic (exact) mass is 242 g/mol. The average molecular weight is 242 g/mol. The van der Waals surface area contributed by atoms with Gasteiger partial charge in [0.15, 0.2) is 5.56 Å². The van der Waals surface area contributed by atoms with Crippen molar-refractivity contribution in [3.63, 3.8) is 0 Å². The molecule has 0 radical (unpaired) electrons. The van der Waals surface area contributed by atoms with E-state index in [4.69, 9.17) is 10.2 Å². The Labute approximate surface area is 92.5 Å². The average Bonchev–Trinajstić information content (AvgIpc) is 2.14. The molecule has 0 aliphatic carbocycles. The zero-order chi connectivity index (χ0) is 13.3. The number of rotatable bonds is 3. The van der Waals surface area contributed by atoms with Crippen LogP contribution in [0.5, 0.6) is 0 Å². The third-order valence-electron chi connectivity index (χ3n) is 1.98. The van der Waals surface area contributed by atoms with Gasteiger partial charge in [-0.3, -0.25) is 14.9 Å². The Morgan fingerprint density at radius 1 is 1.24 bits per heavy atom. The second-order valence-corrected chi connectivity index (χ2v) is 3.05. The summed E-state index contributed by atoms with van der Waals surface area (Å²) in [7, 11) is 0. The second kappa shape index (κ2) is 4.04. The molecule has 0 bridgehead atoms. The van der Waals surface area contributed by atoms with Gasteiger partial charge in [-0.15, -0.1) is 0 Å². The number of nitrogens with one attached hydrogen (secondary N) is 1. The number of aromatic carboxylic acids is 2. The quantitative estimate of drug-likeness (QED) is 0.497. The Kier molecular flexibility index (Phi) is 2.94. The number of nitrogens with zero attached hydrogens (tertiary/aromatic N) is 1. The molecule has 0 aliphatic heterocycles. The van der Waals surface area contributed by atoms with Crippen LogP contribution < -0.4 is 5.56 Å². The Hall–Kier alpha value is -2.71. The van der Waals surface area contributed by atoms with E-state index < -0.39 is 39.2 Å². The number of hydrogen-bond acceptors (Lipinski definition) is 5. The molecule has 0 saturated carbocycles. The minimum atomic E-state index is -1.84. The fourth-order valence-electron chi connectivity index (χ4n) is 1.35. The predicted molar refractivity (Wildman–Crippen MR) is 52.4 cm³/mol. The zero-order valence-corrected chi connectivity index (χ0v) is 8.38. The summed E-state index contributed by atoms with van der Waals surface area (Å²) in [6.07, 6.45) is 0. The number of carboxylic acids is 2. The van der Waals surface area contributed by atoms with Crippen LogP contribution in [-0.2, 0) is 0 Å². The van der Waals surface area contributed by atoms with Gasteiger partial charge in [0.2, 0.25) is 0 Å². The molecule has 1 aromatic rings. The summed E-state index contributed by atoms with van der Waals surface area (Å²) < 4.78 is 0. The summed E-state index contributed by atoms with van der Waals surface area (Å²) >= 11 is 0. The Morgan fingerprint density at radius 3 is 2.06 bits per heavy atom. The maximum Gasteiger partial charge on any atom is 0.343 e. The number of carbonyl (C=O) groups is 2. The molecule has 9 nitrogen and oxygen atoms in total. The standard InChI is InChI=1S/C8H6N2O7/c1-2-5(10(16)17)3(7(12)13)4(8(14)15)6(11)9-2/h1H3,(H,9,11)(H,12,13)(H,14,15). The lowest BCUT2D eigenvalue weighted by Gasteiger charge is -2.04. The van der Waals surface area contributed by atoms with Gasteiger partial charge in [-0.1, -0.05) is 0 Å². The molecule has 17 heavy (non-hydrogen) atoms. The Bertz CT molecular complexity index is 586. The van der Waals surface area contributed by atoms with E-state index in [0.29, 0.717) is 0 Å². The van der Waals surface area contributed by atoms with E-state index in [2.05, 4.69) is 0 Å². The molecule has 1 heterocycles. The van der Waals surface area contributed by atoms with Crippen molar-refractivity contribution in [3.05, 3.63) is 37.3 Å². The van der Waals surface area contributed by atoms with E-state index in [-0.39, 0.29) is 5.69 Å². The van der Waals surface area contributed by atoms with Crippen LogP contribution in [-0.4, -0.2) is 32.1 Å². The van der Waals surface area contributed by atoms with Crippen molar-refractivity contribution >= 4 is 17.6 Å². The smallest absolute Gasteiger partial charge is 0.343 e. The van der Waals surface area contributed by atoms with Gasteiger partial charge in [0, 0.05) is 0 Å². The van der Waals surface area contributed by atoms with Crippen LogP contribution in [0.15, 0.2) is 4.79 Å². The van der Waals surface area contributed by atoms with Crippen molar-refractivity contribution in [1.29, 1.82) is 0 Å². The third-order valence-corrected chi connectivity index (χ3v) is 1.98. The third kappa shape index (κ3) is 1.97. The van der Waals surface area contributed by atoms with Crippen LogP contribution >= 0.6 is 0 Å². The summed E-state index contributed by atoms with van der Waals surface area (Å²) in [5, 5.41) is 28.1. The number of aromatic amines is 1. The number of H-pyrrole nitrogens is 1.